The second-order valence-electron chi connectivity index (χ2n) is 5.17. The lowest BCUT2D eigenvalue weighted by Gasteiger charge is -2.16. The van der Waals surface area contributed by atoms with Crippen LogP contribution in [0.25, 0.3) is 0 Å². The second-order valence-corrected chi connectivity index (χ2v) is 5.17. The van der Waals surface area contributed by atoms with E-state index in [1.165, 1.54) is 31.5 Å². The van der Waals surface area contributed by atoms with Gasteiger partial charge in [0.1, 0.15) is 0 Å². The van der Waals surface area contributed by atoms with Crippen LogP contribution in [0.5, 0.6) is 0 Å². The molecule has 80 valence electrons. The third-order valence-electron chi connectivity index (χ3n) is 3.75. The van der Waals surface area contributed by atoms with E-state index >= 15 is 0 Å². The van der Waals surface area contributed by atoms with Crippen LogP contribution in [-0.4, -0.2) is 30.6 Å². The summed E-state index contributed by atoms with van der Waals surface area (Å²) in [6.07, 6.45) is 4.94. The van der Waals surface area contributed by atoms with Crippen LogP contribution in [0.3, 0.4) is 0 Å². The SMILES string of the molecule is CC(C)=CCN1CC2CCC(N)C2C1. The Bertz CT molecular complexity index is 230. The average Bonchev–Trinajstić information content (AvgIpc) is 2.65. The Morgan fingerprint density at radius 3 is 2.79 bits per heavy atom. The van der Waals surface area contributed by atoms with E-state index in [2.05, 4.69) is 24.8 Å². The summed E-state index contributed by atoms with van der Waals surface area (Å²) in [5.74, 6) is 1.69. The lowest BCUT2D eigenvalue weighted by atomic mass is 9.98. The molecule has 0 aromatic rings. The van der Waals surface area contributed by atoms with E-state index in [4.69, 9.17) is 5.73 Å². The van der Waals surface area contributed by atoms with Gasteiger partial charge in [-0.05, 0) is 38.5 Å². The topological polar surface area (TPSA) is 29.3 Å². The zero-order valence-electron chi connectivity index (χ0n) is 9.37. The van der Waals surface area contributed by atoms with Crippen molar-refractivity contribution >= 4 is 0 Å². The molecule has 1 saturated carbocycles. The van der Waals surface area contributed by atoms with Crippen molar-refractivity contribution in [3.8, 4) is 0 Å². The highest BCUT2D eigenvalue weighted by Crippen LogP contribution is 2.36. The molecule has 1 saturated heterocycles. The molecule has 14 heavy (non-hydrogen) atoms. The molecule has 0 aromatic heterocycles. The van der Waals surface area contributed by atoms with Gasteiger partial charge in [0, 0.05) is 25.7 Å². The normalized spacial score (nSPS) is 37.2. The highest BCUT2D eigenvalue weighted by Gasteiger charge is 2.40. The Kier molecular flexibility index (Phi) is 2.93. The molecule has 3 atom stereocenters. The summed E-state index contributed by atoms with van der Waals surface area (Å²) in [4.78, 5) is 2.56. The number of rotatable bonds is 2. The molecule has 0 bridgehead atoms. The number of likely N-dealkylation sites (tertiary alicyclic amines) is 1. The van der Waals surface area contributed by atoms with Crippen LogP contribution in [0.15, 0.2) is 11.6 Å². The molecule has 3 unspecified atom stereocenters. The first kappa shape index (κ1) is 10.2. The first-order chi connectivity index (χ1) is 6.66. The number of hydrogen-bond acceptors (Lipinski definition) is 2. The van der Waals surface area contributed by atoms with Crippen molar-refractivity contribution in [3.05, 3.63) is 11.6 Å². The molecule has 2 heteroatoms. The fraction of sp³-hybridized carbons (Fsp3) is 0.833. The predicted octanol–water partition coefficient (Wildman–Crippen LogP) is 1.62. The van der Waals surface area contributed by atoms with Crippen LogP contribution < -0.4 is 5.73 Å². The minimum absolute atomic E-state index is 0.483. The minimum Gasteiger partial charge on any atom is -0.327 e. The van der Waals surface area contributed by atoms with Gasteiger partial charge in [0.25, 0.3) is 0 Å². The molecular formula is C12H22N2. The van der Waals surface area contributed by atoms with Gasteiger partial charge in [-0.2, -0.15) is 0 Å². The second kappa shape index (κ2) is 4.03. The molecule has 0 radical (unpaired) electrons. The van der Waals surface area contributed by atoms with Gasteiger partial charge in [-0.3, -0.25) is 4.90 Å². The number of hydrogen-bond donors (Lipinski definition) is 1. The average molecular weight is 194 g/mol. The van der Waals surface area contributed by atoms with Gasteiger partial charge in [0.05, 0.1) is 0 Å². The van der Waals surface area contributed by atoms with Crippen LogP contribution in [0.2, 0.25) is 0 Å². The van der Waals surface area contributed by atoms with Crippen molar-refractivity contribution in [3.63, 3.8) is 0 Å². The summed E-state index contributed by atoms with van der Waals surface area (Å²) in [6, 6.07) is 0.483. The molecule has 2 aliphatic rings. The third kappa shape index (κ3) is 2.01. The van der Waals surface area contributed by atoms with E-state index in [9.17, 15) is 0 Å². The van der Waals surface area contributed by atoms with Crippen LogP contribution in [0, 0.1) is 11.8 Å². The van der Waals surface area contributed by atoms with Gasteiger partial charge in [-0.15, -0.1) is 0 Å². The molecule has 2 nitrogen and oxygen atoms in total. The molecule has 2 rings (SSSR count). The van der Waals surface area contributed by atoms with Crippen LogP contribution in [0.1, 0.15) is 26.7 Å². The van der Waals surface area contributed by atoms with E-state index in [-0.39, 0.29) is 0 Å². The first-order valence-electron chi connectivity index (χ1n) is 5.78. The zero-order valence-corrected chi connectivity index (χ0v) is 9.37. The smallest absolute Gasteiger partial charge is 0.0165 e. The number of allylic oxidation sites excluding steroid dienone is 1. The molecule has 1 heterocycles. The highest BCUT2D eigenvalue weighted by atomic mass is 15.2. The molecule has 2 fully saturated rings. The van der Waals surface area contributed by atoms with Crippen LogP contribution >= 0.6 is 0 Å². The Hall–Kier alpha value is -0.340. The fourth-order valence-corrected chi connectivity index (χ4v) is 2.86. The van der Waals surface area contributed by atoms with Crippen molar-refractivity contribution in [2.24, 2.45) is 17.6 Å². The fourth-order valence-electron chi connectivity index (χ4n) is 2.86. The molecular weight excluding hydrogens is 172 g/mol. The minimum atomic E-state index is 0.483. The van der Waals surface area contributed by atoms with Gasteiger partial charge in [-0.1, -0.05) is 11.6 Å². The third-order valence-corrected chi connectivity index (χ3v) is 3.75. The summed E-state index contributed by atoms with van der Waals surface area (Å²) in [5, 5.41) is 0. The first-order valence-corrected chi connectivity index (χ1v) is 5.78. The van der Waals surface area contributed by atoms with E-state index in [1.807, 2.05) is 0 Å². The predicted molar refractivity (Wildman–Crippen MR) is 60.1 cm³/mol. The van der Waals surface area contributed by atoms with Crippen LogP contribution in [0.4, 0.5) is 0 Å². The van der Waals surface area contributed by atoms with Crippen molar-refractivity contribution in [1.29, 1.82) is 0 Å². The summed E-state index contributed by atoms with van der Waals surface area (Å²) in [6.45, 7) is 7.98. The van der Waals surface area contributed by atoms with E-state index in [1.54, 1.807) is 0 Å². The highest BCUT2D eigenvalue weighted by molar-refractivity contribution is 5.00. The molecule has 0 aromatic carbocycles. The van der Waals surface area contributed by atoms with Crippen LogP contribution in [-0.2, 0) is 0 Å². The van der Waals surface area contributed by atoms with Gasteiger partial charge >= 0.3 is 0 Å². The van der Waals surface area contributed by atoms with E-state index in [0.717, 1.165) is 18.4 Å². The standard InChI is InChI=1S/C12H22N2/c1-9(2)5-6-14-7-10-3-4-12(13)11(10)8-14/h5,10-12H,3-4,6-8,13H2,1-2H3. The molecule has 2 N–H and O–H groups in total. The monoisotopic (exact) mass is 194 g/mol. The van der Waals surface area contributed by atoms with Gasteiger partial charge in [0.15, 0.2) is 0 Å². The van der Waals surface area contributed by atoms with Gasteiger partial charge < -0.3 is 5.73 Å². The molecule has 1 aliphatic heterocycles. The maximum atomic E-state index is 6.10. The summed E-state index contributed by atoms with van der Waals surface area (Å²) >= 11 is 0. The lowest BCUT2D eigenvalue weighted by Crippen LogP contribution is -2.30. The number of fused-ring (bicyclic) bond motifs is 1. The van der Waals surface area contributed by atoms with Crippen molar-refractivity contribution in [1.82, 2.24) is 4.90 Å². The van der Waals surface area contributed by atoms with E-state index < -0.39 is 0 Å². The largest absolute Gasteiger partial charge is 0.327 e. The summed E-state index contributed by atoms with van der Waals surface area (Å²) in [7, 11) is 0. The summed E-state index contributed by atoms with van der Waals surface area (Å²) in [5.41, 5.74) is 7.52. The van der Waals surface area contributed by atoms with Crippen molar-refractivity contribution < 1.29 is 0 Å². The zero-order chi connectivity index (χ0) is 10.1. The van der Waals surface area contributed by atoms with E-state index in [0.29, 0.717) is 6.04 Å². The number of nitrogens with two attached hydrogens (primary N) is 1. The Labute approximate surface area is 87.2 Å². The molecule has 1 aliphatic carbocycles. The Morgan fingerprint density at radius 1 is 1.36 bits per heavy atom. The van der Waals surface area contributed by atoms with Gasteiger partial charge in [-0.25, -0.2) is 0 Å². The maximum absolute atomic E-state index is 6.10. The Balaban J connectivity index is 1.86. The molecule has 0 spiro atoms. The quantitative estimate of drug-likeness (QED) is 0.677. The molecule has 0 amide bonds. The number of nitrogens with zero attached hydrogens (tertiary/aromatic N) is 1. The van der Waals surface area contributed by atoms with Gasteiger partial charge in [0.2, 0.25) is 0 Å². The van der Waals surface area contributed by atoms with Crippen molar-refractivity contribution in [2.45, 2.75) is 32.7 Å². The Morgan fingerprint density at radius 2 is 2.14 bits per heavy atom. The lowest BCUT2D eigenvalue weighted by molar-refractivity contribution is 0.336. The maximum Gasteiger partial charge on any atom is 0.0165 e. The summed E-state index contributed by atoms with van der Waals surface area (Å²) < 4.78 is 0. The van der Waals surface area contributed by atoms with Crippen molar-refractivity contribution in [2.75, 3.05) is 19.6 Å².